The SMILES string of the molecule is COC1CCN(c2c(C#N)cnc3c(Cl)cccc23)CC1. The van der Waals surface area contributed by atoms with Gasteiger partial charge in [0.2, 0.25) is 0 Å². The molecule has 1 aromatic carbocycles. The van der Waals surface area contributed by atoms with E-state index in [0.717, 1.165) is 42.5 Å². The summed E-state index contributed by atoms with van der Waals surface area (Å²) in [6.07, 6.45) is 3.85. The molecule has 2 heterocycles. The first-order chi connectivity index (χ1) is 10.2. The zero-order valence-corrected chi connectivity index (χ0v) is 12.6. The van der Waals surface area contributed by atoms with Crippen molar-refractivity contribution in [2.24, 2.45) is 0 Å². The summed E-state index contributed by atoms with van der Waals surface area (Å²) in [7, 11) is 1.75. The number of para-hydroxylation sites is 1. The lowest BCUT2D eigenvalue weighted by atomic mass is 10.0. The smallest absolute Gasteiger partial charge is 0.103 e. The molecule has 0 amide bonds. The molecule has 21 heavy (non-hydrogen) atoms. The number of aromatic nitrogens is 1. The molecule has 1 saturated heterocycles. The molecule has 0 atom stereocenters. The third-order valence-corrected chi connectivity index (χ3v) is 4.34. The molecule has 4 nitrogen and oxygen atoms in total. The second-order valence-electron chi connectivity index (χ2n) is 5.19. The van der Waals surface area contributed by atoms with Crippen molar-refractivity contribution in [3.8, 4) is 6.07 Å². The zero-order valence-electron chi connectivity index (χ0n) is 11.8. The van der Waals surface area contributed by atoms with E-state index >= 15 is 0 Å². The molecule has 0 radical (unpaired) electrons. The largest absolute Gasteiger partial charge is 0.381 e. The van der Waals surface area contributed by atoms with E-state index < -0.39 is 0 Å². The minimum absolute atomic E-state index is 0.309. The minimum Gasteiger partial charge on any atom is -0.381 e. The van der Waals surface area contributed by atoms with Crippen LogP contribution < -0.4 is 4.90 Å². The number of nitriles is 1. The van der Waals surface area contributed by atoms with Gasteiger partial charge in [-0.25, -0.2) is 0 Å². The highest BCUT2D eigenvalue weighted by atomic mass is 35.5. The lowest BCUT2D eigenvalue weighted by molar-refractivity contribution is 0.0819. The van der Waals surface area contributed by atoms with Crippen molar-refractivity contribution in [3.05, 3.63) is 35.0 Å². The quantitative estimate of drug-likeness (QED) is 0.853. The molecule has 2 aromatic rings. The van der Waals surface area contributed by atoms with Gasteiger partial charge in [-0.3, -0.25) is 4.98 Å². The Kier molecular flexibility index (Phi) is 3.96. The third-order valence-electron chi connectivity index (χ3n) is 4.03. The number of hydrogen-bond acceptors (Lipinski definition) is 4. The fourth-order valence-corrected chi connectivity index (χ4v) is 3.13. The molecule has 1 fully saturated rings. The number of halogens is 1. The lowest BCUT2D eigenvalue weighted by Crippen LogP contribution is -2.37. The Morgan fingerprint density at radius 2 is 2.14 bits per heavy atom. The molecule has 1 aliphatic heterocycles. The average molecular weight is 302 g/mol. The number of piperidine rings is 1. The number of hydrogen-bond donors (Lipinski definition) is 0. The molecule has 1 aliphatic rings. The van der Waals surface area contributed by atoms with Gasteiger partial charge < -0.3 is 9.64 Å². The topological polar surface area (TPSA) is 49.1 Å². The number of rotatable bonds is 2. The van der Waals surface area contributed by atoms with Gasteiger partial charge in [0.05, 0.1) is 27.9 Å². The first-order valence-electron chi connectivity index (χ1n) is 6.99. The van der Waals surface area contributed by atoms with Crippen molar-refractivity contribution in [1.29, 1.82) is 5.26 Å². The molecule has 0 aliphatic carbocycles. The van der Waals surface area contributed by atoms with E-state index in [1.54, 1.807) is 13.3 Å². The highest BCUT2D eigenvalue weighted by molar-refractivity contribution is 6.35. The maximum absolute atomic E-state index is 9.40. The van der Waals surface area contributed by atoms with Gasteiger partial charge in [0.15, 0.2) is 0 Å². The summed E-state index contributed by atoms with van der Waals surface area (Å²) in [6.45, 7) is 1.75. The van der Waals surface area contributed by atoms with Gasteiger partial charge in [0, 0.05) is 31.8 Å². The standard InChI is InChI=1S/C16H16ClN3O/c1-21-12-5-7-20(8-6-12)16-11(9-18)10-19-15-13(16)3-2-4-14(15)17/h2-4,10,12H,5-8H2,1H3. The van der Waals surface area contributed by atoms with Crippen LogP contribution in [0.4, 0.5) is 5.69 Å². The van der Waals surface area contributed by atoms with Gasteiger partial charge in [-0.2, -0.15) is 5.26 Å². The molecule has 1 aromatic heterocycles. The van der Waals surface area contributed by atoms with E-state index in [1.165, 1.54) is 0 Å². The van der Waals surface area contributed by atoms with E-state index in [9.17, 15) is 5.26 Å². The maximum atomic E-state index is 9.40. The summed E-state index contributed by atoms with van der Waals surface area (Å²) in [4.78, 5) is 6.58. The third kappa shape index (κ3) is 2.55. The Labute approximate surface area is 128 Å². The van der Waals surface area contributed by atoms with Gasteiger partial charge in [-0.15, -0.1) is 0 Å². The molecule has 3 rings (SSSR count). The van der Waals surface area contributed by atoms with Crippen molar-refractivity contribution in [3.63, 3.8) is 0 Å². The van der Waals surface area contributed by atoms with Gasteiger partial charge in [-0.05, 0) is 18.9 Å². The molecular weight excluding hydrogens is 286 g/mol. The van der Waals surface area contributed by atoms with Crippen LogP contribution in [0.5, 0.6) is 0 Å². The Morgan fingerprint density at radius 3 is 2.81 bits per heavy atom. The normalized spacial score (nSPS) is 16.1. The average Bonchev–Trinajstić information content (AvgIpc) is 2.54. The molecular formula is C16H16ClN3O. The summed E-state index contributed by atoms with van der Waals surface area (Å²) in [5.41, 5.74) is 2.29. The number of benzene rings is 1. The molecule has 0 unspecified atom stereocenters. The second-order valence-corrected chi connectivity index (χ2v) is 5.60. The lowest BCUT2D eigenvalue weighted by Gasteiger charge is -2.34. The van der Waals surface area contributed by atoms with Crippen LogP contribution in [0.15, 0.2) is 24.4 Å². The van der Waals surface area contributed by atoms with Crippen molar-refractivity contribution < 1.29 is 4.74 Å². The predicted molar refractivity (Wildman–Crippen MR) is 83.7 cm³/mol. The van der Waals surface area contributed by atoms with Crippen LogP contribution in [-0.2, 0) is 4.74 Å². The van der Waals surface area contributed by atoms with Crippen molar-refractivity contribution >= 4 is 28.2 Å². The summed E-state index contributed by atoms with van der Waals surface area (Å²) < 4.78 is 5.41. The fraction of sp³-hybridized carbons (Fsp3) is 0.375. The van der Waals surface area contributed by atoms with Gasteiger partial charge >= 0.3 is 0 Å². The Bertz CT molecular complexity index is 702. The number of anilines is 1. The number of pyridine rings is 1. The van der Waals surface area contributed by atoms with Crippen LogP contribution in [0.1, 0.15) is 18.4 Å². The molecule has 5 heteroatoms. The van der Waals surface area contributed by atoms with Crippen LogP contribution in [0, 0.1) is 11.3 Å². The van der Waals surface area contributed by atoms with Crippen LogP contribution in [0.2, 0.25) is 5.02 Å². The van der Waals surface area contributed by atoms with Crippen molar-refractivity contribution in [1.82, 2.24) is 4.98 Å². The van der Waals surface area contributed by atoms with Crippen molar-refractivity contribution in [2.45, 2.75) is 18.9 Å². The highest BCUT2D eigenvalue weighted by Gasteiger charge is 2.23. The number of methoxy groups -OCH3 is 1. The summed E-state index contributed by atoms with van der Waals surface area (Å²) in [6, 6.07) is 7.96. The van der Waals surface area contributed by atoms with E-state index in [-0.39, 0.29) is 0 Å². The zero-order chi connectivity index (χ0) is 14.8. The Balaban J connectivity index is 2.08. The Morgan fingerprint density at radius 1 is 1.38 bits per heavy atom. The monoisotopic (exact) mass is 301 g/mol. The number of nitrogens with zero attached hydrogens (tertiary/aromatic N) is 3. The minimum atomic E-state index is 0.309. The van der Waals surface area contributed by atoms with Crippen LogP contribution in [0.25, 0.3) is 10.9 Å². The van der Waals surface area contributed by atoms with Crippen molar-refractivity contribution in [2.75, 3.05) is 25.1 Å². The molecule has 0 N–H and O–H groups in total. The summed E-state index contributed by atoms with van der Waals surface area (Å²) in [5.74, 6) is 0. The molecule has 0 spiro atoms. The van der Waals surface area contributed by atoms with Gasteiger partial charge in [0.25, 0.3) is 0 Å². The number of fused-ring (bicyclic) bond motifs is 1. The van der Waals surface area contributed by atoms with E-state index in [2.05, 4.69) is 16.0 Å². The molecule has 0 saturated carbocycles. The molecule has 108 valence electrons. The van der Waals surface area contributed by atoms with Gasteiger partial charge in [-0.1, -0.05) is 23.7 Å². The maximum Gasteiger partial charge on any atom is 0.103 e. The van der Waals surface area contributed by atoms with E-state index in [0.29, 0.717) is 16.7 Å². The van der Waals surface area contributed by atoms with E-state index in [1.807, 2.05) is 18.2 Å². The first-order valence-corrected chi connectivity index (χ1v) is 7.37. The van der Waals surface area contributed by atoms with Crippen LogP contribution >= 0.6 is 11.6 Å². The highest BCUT2D eigenvalue weighted by Crippen LogP contribution is 2.34. The predicted octanol–water partition coefficient (Wildman–Crippen LogP) is 3.38. The number of ether oxygens (including phenoxy) is 1. The summed E-state index contributed by atoms with van der Waals surface area (Å²) in [5, 5.41) is 11.0. The Hall–Kier alpha value is -1.83. The van der Waals surface area contributed by atoms with E-state index in [4.69, 9.17) is 16.3 Å². The summed E-state index contributed by atoms with van der Waals surface area (Å²) >= 11 is 6.23. The fourth-order valence-electron chi connectivity index (χ4n) is 2.91. The first kappa shape index (κ1) is 14.1. The second kappa shape index (κ2) is 5.88. The van der Waals surface area contributed by atoms with Gasteiger partial charge in [0.1, 0.15) is 6.07 Å². The van der Waals surface area contributed by atoms with Crippen LogP contribution in [-0.4, -0.2) is 31.3 Å². The van der Waals surface area contributed by atoms with Crippen LogP contribution in [0.3, 0.4) is 0 Å². The molecule has 0 bridgehead atoms.